The number of carbonyl (C=O) groups is 2. The van der Waals surface area contributed by atoms with E-state index in [2.05, 4.69) is 0 Å². The number of halogens is 1. The van der Waals surface area contributed by atoms with Crippen LogP contribution >= 0.6 is 11.3 Å². The molecule has 3 rings (SSSR count). The highest BCUT2D eigenvalue weighted by molar-refractivity contribution is 7.09. The van der Waals surface area contributed by atoms with Gasteiger partial charge in [0.25, 0.3) is 5.91 Å². The van der Waals surface area contributed by atoms with Crippen molar-refractivity contribution in [2.45, 2.75) is 33.0 Å². The van der Waals surface area contributed by atoms with E-state index in [1.165, 1.54) is 17.0 Å². The highest BCUT2D eigenvalue weighted by Crippen LogP contribution is 2.16. The lowest BCUT2D eigenvalue weighted by molar-refractivity contribution is -0.143. The van der Waals surface area contributed by atoms with Crippen molar-refractivity contribution >= 4 is 23.2 Å². The van der Waals surface area contributed by atoms with Gasteiger partial charge in [0.2, 0.25) is 5.91 Å². The number of nitrogens with zero attached hydrogens (tertiary/aromatic N) is 2. The summed E-state index contributed by atoms with van der Waals surface area (Å²) in [6.45, 7) is 4.31. The summed E-state index contributed by atoms with van der Waals surface area (Å²) in [6.07, 6.45) is 0. The van der Waals surface area contributed by atoms with Crippen molar-refractivity contribution in [3.8, 4) is 5.75 Å². The number of amides is 2. The monoisotopic (exact) mass is 454 g/mol. The Kier molecular flexibility index (Phi) is 8.39. The van der Waals surface area contributed by atoms with Gasteiger partial charge in [-0.3, -0.25) is 9.59 Å². The van der Waals surface area contributed by atoms with Gasteiger partial charge in [0, 0.05) is 17.5 Å². The Bertz CT molecular complexity index is 992. The number of ether oxygens (including phenoxy) is 1. The second-order valence-corrected chi connectivity index (χ2v) is 8.70. The second kappa shape index (κ2) is 11.4. The third-order valence-corrected chi connectivity index (χ3v) is 5.78. The number of hydrogen-bond acceptors (Lipinski definition) is 4. The first-order valence-corrected chi connectivity index (χ1v) is 11.3. The van der Waals surface area contributed by atoms with Gasteiger partial charge in [-0.05, 0) is 55.1 Å². The lowest BCUT2D eigenvalue weighted by Crippen LogP contribution is -2.47. The molecular formula is C25H27FN2O3S. The minimum atomic E-state index is -0.320. The second-order valence-electron chi connectivity index (χ2n) is 7.67. The van der Waals surface area contributed by atoms with Crippen LogP contribution < -0.4 is 4.74 Å². The summed E-state index contributed by atoms with van der Waals surface area (Å²) < 4.78 is 18.9. The van der Waals surface area contributed by atoms with E-state index in [9.17, 15) is 14.0 Å². The zero-order valence-electron chi connectivity index (χ0n) is 18.2. The van der Waals surface area contributed by atoms with E-state index < -0.39 is 0 Å². The minimum Gasteiger partial charge on any atom is -0.484 e. The van der Waals surface area contributed by atoms with Crippen LogP contribution in [-0.4, -0.2) is 40.8 Å². The predicted molar refractivity (Wildman–Crippen MR) is 124 cm³/mol. The van der Waals surface area contributed by atoms with Crippen LogP contribution in [0.1, 0.15) is 24.3 Å². The van der Waals surface area contributed by atoms with E-state index in [0.717, 1.165) is 10.4 Å². The number of thiophene rings is 1. The lowest BCUT2D eigenvalue weighted by Gasteiger charge is -2.30. The molecule has 1 heterocycles. The zero-order valence-corrected chi connectivity index (χ0v) is 19.1. The van der Waals surface area contributed by atoms with Gasteiger partial charge >= 0.3 is 0 Å². The minimum absolute atomic E-state index is 0.0543. The van der Waals surface area contributed by atoms with Crippen LogP contribution in [0.4, 0.5) is 4.39 Å². The average Bonchev–Trinajstić information content (AvgIpc) is 3.30. The van der Waals surface area contributed by atoms with Crippen LogP contribution in [0.25, 0.3) is 0 Å². The Morgan fingerprint density at radius 3 is 2.28 bits per heavy atom. The molecule has 0 aliphatic heterocycles. The van der Waals surface area contributed by atoms with E-state index in [0.29, 0.717) is 18.8 Å². The summed E-state index contributed by atoms with van der Waals surface area (Å²) in [5, 5.41) is 1.96. The topological polar surface area (TPSA) is 49.9 Å². The van der Waals surface area contributed by atoms with Crippen LogP contribution in [0.15, 0.2) is 72.1 Å². The summed E-state index contributed by atoms with van der Waals surface area (Å²) in [5.41, 5.74) is 0.825. The summed E-state index contributed by atoms with van der Waals surface area (Å²) in [4.78, 5) is 30.3. The van der Waals surface area contributed by atoms with Gasteiger partial charge in [0.05, 0.1) is 6.54 Å². The molecule has 0 atom stereocenters. The van der Waals surface area contributed by atoms with Crippen LogP contribution in [0.3, 0.4) is 0 Å². The van der Waals surface area contributed by atoms with Crippen molar-refractivity contribution in [2.24, 2.45) is 0 Å². The molecule has 168 valence electrons. The first-order valence-electron chi connectivity index (χ1n) is 10.4. The summed E-state index contributed by atoms with van der Waals surface area (Å²) >= 11 is 1.56. The Balaban J connectivity index is 1.69. The number of rotatable bonds is 10. The molecule has 0 saturated heterocycles. The van der Waals surface area contributed by atoms with Crippen molar-refractivity contribution in [1.82, 2.24) is 9.80 Å². The summed E-state index contributed by atoms with van der Waals surface area (Å²) in [6, 6.07) is 18.9. The molecule has 3 aromatic rings. The Morgan fingerprint density at radius 1 is 0.938 bits per heavy atom. The molecule has 5 nitrogen and oxygen atoms in total. The third kappa shape index (κ3) is 6.92. The molecule has 0 bridgehead atoms. The summed E-state index contributed by atoms with van der Waals surface area (Å²) in [5.74, 6) is -0.147. The van der Waals surface area contributed by atoms with Gasteiger partial charge in [0.15, 0.2) is 6.61 Å². The standard InChI is InChI=1S/C25H27FN2O3S/c1-19(2)28(25(30)18-31-22-7-4-3-5-8-22)17-24(29)27(16-23-9-6-14-32-23)15-20-10-12-21(26)13-11-20/h3-14,19H,15-18H2,1-2H3. The Morgan fingerprint density at radius 2 is 1.66 bits per heavy atom. The molecule has 0 radical (unpaired) electrons. The molecule has 0 N–H and O–H groups in total. The van der Waals surface area contributed by atoms with Crippen molar-refractivity contribution in [2.75, 3.05) is 13.2 Å². The lowest BCUT2D eigenvalue weighted by atomic mass is 10.2. The largest absolute Gasteiger partial charge is 0.484 e. The molecule has 0 aliphatic carbocycles. The SMILES string of the molecule is CC(C)N(CC(=O)N(Cc1ccc(F)cc1)Cc1cccs1)C(=O)COc1ccccc1. The van der Waals surface area contributed by atoms with Gasteiger partial charge in [0.1, 0.15) is 18.1 Å². The fraction of sp³-hybridized carbons (Fsp3) is 0.280. The van der Waals surface area contributed by atoms with Crippen LogP contribution in [0.5, 0.6) is 5.75 Å². The van der Waals surface area contributed by atoms with Gasteiger partial charge in [-0.2, -0.15) is 0 Å². The van der Waals surface area contributed by atoms with E-state index in [4.69, 9.17) is 4.74 Å². The number of para-hydroxylation sites is 1. The van der Waals surface area contributed by atoms with Crippen molar-refractivity contribution in [3.05, 3.63) is 88.4 Å². The molecule has 7 heteroatoms. The molecule has 0 saturated carbocycles. The Hall–Kier alpha value is -3.19. The maximum atomic E-state index is 13.3. The maximum absolute atomic E-state index is 13.3. The van der Waals surface area contributed by atoms with Gasteiger partial charge < -0.3 is 14.5 Å². The molecule has 0 aliphatic rings. The quantitative estimate of drug-likeness (QED) is 0.445. The van der Waals surface area contributed by atoms with Crippen molar-refractivity contribution in [3.63, 3.8) is 0 Å². The average molecular weight is 455 g/mol. The highest BCUT2D eigenvalue weighted by Gasteiger charge is 2.24. The number of benzene rings is 2. The highest BCUT2D eigenvalue weighted by atomic mass is 32.1. The maximum Gasteiger partial charge on any atom is 0.261 e. The smallest absolute Gasteiger partial charge is 0.261 e. The van der Waals surface area contributed by atoms with Crippen molar-refractivity contribution < 1.29 is 18.7 Å². The predicted octanol–water partition coefficient (Wildman–Crippen LogP) is 4.73. The number of hydrogen-bond donors (Lipinski definition) is 0. The molecule has 0 unspecified atom stereocenters. The molecule has 2 amide bonds. The van der Waals surface area contributed by atoms with E-state index in [1.807, 2.05) is 49.6 Å². The third-order valence-electron chi connectivity index (χ3n) is 4.92. The molecule has 0 spiro atoms. The van der Waals surface area contributed by atoms with Crippen LogP contribution in [0, 0.1) is 5.82 Å². The number of carbonyl (C=O) groups excluding carboxylic acids is 2. The molecule has 1 aromatic heterocycles. The first-order chi connectivity index (χ1) is 15.4. The van der Waals surface area contributed by atoms with Gasteiger partial charge in [-0.25, -0.2) is 4.39 Å². The molecule has 32 heavy (non-hydrogen) atoms. The van der Waals surface area contributed by atoms with Crippen LogP contribution in [-0.2, 0) is 22.7 Å². The molecule has 0 fully saturated rings. The normalized spacial score (nSPS) is 10.8. The van der Waals surface area contributed by atoms with Gasteiger partial charge in [-0.15, -0.1) is 11.3 Å². The fourth-order valence-electron chi connectivity index (χ4n) is 3.18. The first kappa shape index (κ1) is 23.5. The molecular weight excluding hydrogens is 427 g/mol. The fourth-order valence-corrected chi connectivity index (χ4v) is 3.90. The Labute approximate surface area is 192 Å². The van der Waals surface area contributed by atoms with E-state index in [1.54, 1.807) is 40.5 Å². The van der Waals surface area contributed by atoms with Crippen LogP contribution in [0.2, 0.25) is 0 Å². The zero-order chi connectivity index (χ0) is 22.9. The van der Waals surface area contributed by atoms with E-state index >= 15 is 0 Å². The molecule has 2 aromatic carbocycles. The van der Waals surface area contributed by atoms with Crippen molar-refractivity contribution in [1.29, 1.82) is 0 Å². The summed E-state index contributed by atoms with van der Waals surface area (Å²) in [7, 11) is 0. The van der Waals surface area contributed by atoms with Gasteiger partial charge in [-0.1, -0.05) is 36.4 Å². The van der Waals surface area contributed by atoms with E-state index in [-0.39, 0.29) is 36.8 Å².